The molecule has 1 fully saturated rings. The molecule has 0 N–H and O–H groups in total. The molecule has 1 aliphatic heterocycles. The summed E-state index contributed by atoms with van der Waals surface area (Å²) in [6.07, 6.45) is 5.24. The van der Waals surface area contributed by atoms with E-state index in [0.717, 1.165) is 32.7 Å². The Morgan fingerprint density at radius 2 is 2.04 bits per heavy atom. The van der Waals surface area contributed by atoms with Crippen molar-refractivity contribution in [1.82, 2.24) is 14.9 Å². The Morgan fingerprint density at radius 3 is 2.72 bits per heavy atom. The van der Waals surface area contributed by atoms with Gasteiger partial charge in [-0.15, -0.1) is 0 Å². The van der Waals surface area contributed by atoms with Crippen molar-refractivity contribution in [2.45, 2.75) is 6.54 Å². The summed E-state index contributed by atoms with van der Waals surface area (Å²) >= 11 is 0. The van der Waals surface area contributed by atoms with E-state index >= 15 is 0 Å². The molecule has 0 bridgehead atoms. The van der Waals surface area contributed by atoms with E-state index in [4.69, 9.17) is 8.83 Å². The molecule has 4 rings (SSSR count). The van der Waals surface area contributed by atoms with Crippen LogP contribution in [0.1, 0.15) is 11.3 Å². The lowest BCUT2D eigenvalue weighted by atomic mass is 10.2. The molecule has 0 spiro atoms. The number of pyridine rings is 1. The van der Waals surface area contributed by atoms with Crippen molar-refractivity contribution in [1.29, 1.82) is 5.26 Å². The zero-order valence-corrected chi connectivity index (χ0v) is 13.6. The zero-order valence-electron chi connectivity index (χ0n) is 13.6. The minimum Gasteiger partial charge on any atom is -0.459 e. The van der Waals surface area contributed by atoms with Crippen molar-refractivity contribution in [2.24, 2.45) is 0 Å². The van der Waals surface area contributed by atoms with E-state index in [1.807, 2.05) is 12.3 Å². The Bertz CT molecular complexity index is 859. The standard InChI is InChI=1S/C18H17N5O2/c19-11-15-18(25-17(21-15)16-4-2-10-24-16)23-8-6-22(7-9-23)13-14-3-1-5-20-12-14/h1-5,10,12H,6-9,13H2. The van der Waals surface area contributed by atoms with E-state index in [1.165, 1.54) is 5.56 Å². The van der Waals surface area contributed by atoms with Crippen LogP contribution in [0.25, 0.3) is 11.7 Å². The number of nitrogens with zero attached hydrogens (tertiary/aromatic N) is 5. The van der Waals surface area contributed by atoms with Gasteiger partial charge in [0.25, 0.3) is 5.89 Å². The fraction of sp³-hybridized carbons (Fsp3) is 0.278. The van der Waals surface area contributed by atoms with Gasteiger partial charge in [0, 0.05) is 45.1 Å². The molecule has 0 aliphatic carbocycles. The second-order valence-corrected chi connectivity index (χ2v) is 5.89. The molecule has 0 saturated carbocycles. The molecular formula is C18H17N5O2. The van der Waals surface area contributed by atoms with Gasteiger partial charge in [0.2, 0.25) is 11.6 Å². The molecule has 7 heteroatoms. The van der Waals surface area contributed by atoms with Gasteiger partial charge in [0.1, 0.15) is 6.07 Å². The Kier molecular flexibility index (Phi) is 4.19. The summed E-state index contributed by atoms with van der Waals surface area (Å²) in [6.45, 7) is 4.21. The molecule has 0 unspecified atom stereocenters. The predicted octanol–water partition coefficient (Wildman–Crippen LogP) is 2.52. The minimum atomic E-state index is 0.298. The van der Waals surface area contributed by atoms with Gasteiger partial charge in [0.05, 0.1) is 6.26 Å². The first kappa shape index (κ1) is 15.4. The smallest absolute Gasteiger partial charge is 0.266 e. The molecule has 3 aromatic rings. The lowest BCUT2D eigenvalue weighted by Gasteiger charge is -2.34. The number of hydrogen-bond donors (Lipinski definition) is 0. The van der Waals surface area contributed by atoms with Gasteiger partial charge in [-0.25, -0.2) is 0 Å². The lowest BCUT2D eigenvalue weighted by Crippen LogP contribution is -2.46. The topological polar surface area (TPSA) is 82.3 Å². The molecule has 0 radical (unpaired) electrons. The molecule has 0 amide bonds. The van der Waals surface area contributed by atoms with Gasteiger partial charge in [-0.3, -0.25) is 9.88 Å². The highest BCUT2D eigenvalue weighted by atomic mass is 16.4. The molecule has 25 heavy (non-hydrogen) atoms. The summed E-state index contributed by atoms with van der Waals surface area (Å²) in [5.74, 6) is 1.39. The maximum Gasteiger partial charge on any atom is 0.266 e. The van der Waals surface area contributed by atoms with Crippen LogP contribution in [0.4, 0.5) is 5.88 Å². The first-order chi connectivity index (χ1) is 12.3. The number of nitriles is 1. The highest BCUT2D eigenvalue weighted by Crippen LogP contribution is 2.29. The van der Waals surface area contributed by atoms with Crippen LogP contribution >= 0.6 is 0 Å². The summed E-state index contributed by atoms with van der Waals surface area (Å²) in [5.41, 5.74) is 1.50. The van der Waals surface area contributed by atoms with Crippen molar-refractivity contribution >= 4 is 5.88 Å². The number of piperazine rings is 1. The van der Waals surface area contributed by atoms with Crippen LogP contribution in [0, 0.1) is 11.3 Å². The number of oxazole rings is 1. The summed E-state index contributed by atoms with van der Waals surface area (Å²) in [4.78, 5) is 12.8. The largest absolute Gasteiger partial charge is 0.459 e. The normalized spacial score (nSPS) is 15.2. The Morgan fingerprint density at radius 1 is 1.16 bits per heavy atom. The van der Waals surface area contributed by atoms with Crippen molar-refractivity contribution in [2.75, 3.05) is 31.1 Å². The van der Waals surface area contributed by atoms with E-state index < -0.39 is 0 Å². The van der Waals surface area contributed by atoms with E-state index in [1.54, 1.807) is 24.6 Å². The molecule has 126 valence electrons. The van der Waals surface area contributed by atoms with Gasteiger partial charge < -0.3 is 13.7 Å². The van der Waals surface area contributed by atoms with E-state index in [2.05, 4.69) is 31.9 Å². The lowest BCUT2D eigenvalue weighted by molar-refractivity contribution is 0.246. The van der Waals surface area contributed by atoms with E-state index in [0.29, 0.717) is 23.2 Å². The maximum atomic E-state index is 9.36. The molecule has 0 atom stereocenters. The third kappa shape index (κ3) is 3.25. The van der Waals surface area contributed by atoms with Crippen LogP contribution in [0.2, 0.25) is 0 Å². The molecular weight excluding hydrogens is 318 g/mol. The van der Waals surface area contributed by atoms with Crippen LogP contribution in [-0.4, -0.2) is 41.0 Å². The molecule has 0 aromatic carbocycles. The predicted molar refractivity (Wildman–Crippen MR) is 90.6 cm³/mol. The van der Waals surface area contributed by atoms with Crippen LogP contribution in [-0.2, 0) is 6.54 Å². The average molecular weight is 335 g/mol. The highest BCUT2D eigenvalue weighted by molar-refractivity contribution is 5.55. The van der Waals surface area contributed by atoms with E-state index in [-0.39, 0.29) is 0 Å². The Labute approximate surface area is 145 Å². The number of furan rings is 1. The maximum absolute atomic E-state index is 9.36. The highest BCUT2D eigenvalue weighted by Gasteiger charge is 2.25. The summed E-state index contributed by atoms with van der Waals surface area (Å²) in [5, 5.41) is 9.36. The summed E-state index contributed by atoms with van der Waals surface area (Å²) in [6, 6.07) is 9.69. The molecule has 1 aliphatic rings. The number of aromatic nitrogens is 2. The second-order valence-electron chi connectivity index (χ2n) is 5.89. The monoisotopic (exact) mass is 335 g/mol. The second kappa shape index (κ2) is 6.79. The fourth-order valence-electron chi connectivity index (χ4n) is 2.96. The molecule has 4 heterocycles. The van der Waals surface area contributed by atoms with Crippen molar-refractivity contribution in [3.63, 3.8) is 0 Å². The van der Waals surface area contributed by atoms with Gasteiger partial charge in [-0.1, -0.05) is 6.07 Å². The van der Waals surface area contributed by atoms with Crippen molar-refractivity contribution in [3.05, 3.63) is 54.2 Å². The first-order valence-corrected chi connectivity index (χ1v) is 8.14. The van der Waals surface area contributed by atoms with Crippen LogP contribution in [0.15, 0.2) is 51.8 Å². The van der Waals surface area contributed by atoms with Crippen molar-refractivity contribution < 1.29 is 8.83 Å². The third-order valence-electron chi connectivity index (χ3n) is 4.24. The van der Waals surface area contributed by atoms with E-state index in [9.17, 15) is 5.26 Å². The third-order valence-corrected chi connectivity index (χ3v) is 4.24. The van der Waals surface area contributed by atoms with Crippen LogP contribution in [0.5, 0.6) is 0 Å². The fourth-order valence-corrected chi connectivity index (χ4v) is 2.96. The SMILES string of the molecule is N#Cc1nc(-c2ccco2)oc1N1CCN(Cc2cccnc2)CC1. The first-order valence-electron chi connectivity index (χ1n) is 8.14. The van der Waals surface area contributed by atoms with Gasteiger partial charge >= 0.3 is 0 Å². The summed E-state index contributed by atoms with van der Waals surface area (Å²) in [7, 11) is 0. The van der Waals surface area contributed by atoms with Gasteiger partial charge in [-0.05, 0) is 23.8 Å². The Balaban J connectivity index is 1.45. The number of hydrogen-bond acceptors (Lipinski definition) is 7. The average Bonchev–Trinajstić information content (AvgIpc) is 3.33. The quantitative estimate of drug-likeness (QED) is 0.724. The molecule has 3 aromatic heterocycles. The van der Waals surface area contributed by atoms with Crippen molar-refractivity contribution in [3.8, 4) is 17.7 Å². The Hall–Kier alpha value is -3.11. The van der Waals surface area contributed by atoms with Gasteiger partial charge in [0.15, 0.2) is 5.76 Å². The molecule has 1 saturated heterocycles. The minimum absolute atomic E-state index is 0.298. The summed E-state index contributed by atoms with van der Waals surface area (Å²) < 4.78 is 11.1. The molecule has 7 nitrogen and oxygen atoms in total. The zero-order chi connectivity index (χ0) is 17.1. The van der Waals surface area contributed by atoms with Gasteiger partial charge in [-0.2, -0.15) is 10.2 Å². The van der Waals surface area contributed by atoms with Crippen LogP contribution in [0.3, 0.4) is 0 Å². The number of anilines is 1. The van der Waals surface area contributed by atoms with Crippen LogP contribution < -0.4 is 4.90 Å². The number of rotatable bonds is 4.